The zero-order chi connectivity index (χ0) is 12.9. The minimum atomic E-state index is 0.809. The Balaban J connectivity index is 1.84. The number of nitrogens with one attached hydrogen (secondary N) is 1. The van der Waals surface area contributed by atoms with Crippen LogP contribution in [0, 0.1) is 0 Å². The highest BCUT2D eigenvalue weighted by Crippen LogP contribution is 2.20. The molecule has 92 valence electrons. The molecule has 19 heavy (non-hydrogen) atoms. The standard InChI is InChI=1S/C15H12N4/c1-2-9-16-13(7-1)11-18-19-14-8-3-5-12-6-4-10-17-15(12)14/h1-11,19H/b18-11-. The van der Waals surface area contributed by atoms with Crippen molar-refractivity contribution in [2.24, 2.45) is 5.10 Å². The van der Waals surface area contributed by atoms with E-state index in [0.717, 1.165) is 22.3 Å². The van der Waals surface area contributed by atoms with Gasteiger partial charge in [-0.25, -0.2) is 0 Å². The molecule has 0 amide bonds. The average molecular weight is 248 g/mol. The minimum Gasteiger partial charge on any atom is -0.276 e. The number of rotatable bonds is 3. The molecule has 4 nitrogen and oxygen atoms in total. The molecule has 0 spiro atoms. The molecule has 0 saturated heterocycles. The molecule has 1 N–H and O–H groups in total. The van der Waals surface area contributed by atoms with Crippen LogP contribution >= 0.6 is 0 Å². The van der Waals surface area contributed by atoms with Crippen LogP contribution in [-0.4, -0.2) is 16.2 Å². The number of pyridine rings is 2. The first-order valence-electron chi connectivity index (χ1n) is 5.97. The van der Waals surface area contributed by atoms with Gasteiger partial charge in [0.15, 0.2) is 0 Å². The molecule has 0 atom stereocenters. The van der Waals surface area contributed by atoms with E-state index >= 15 is 0 Å². The molecule has 3 aromatic rings. The Hall–Kier alpha value is -2.75. The van der Waals surface area contributed by atoms with Crippen LogP contribution in [0.25, 0.3) is 10.9 Å². The highest BCUT2D eigenvalue weighted by Gasteiger charge is 1.99. The van der Waals surface area contributed by atoms with E-state index in [0.29, 0.717) is 0 Å². The van der Waals surface area contributed by atoms with Gasteiger partial charge in [0.25, 0.3) is 0 Å². The Kier molecular flexibility index (Phi) is 3.14. The Morgan fingerprint density at radius 1 is 0.895 bits per heavy atom. The van der Waals surface area contributed by atoms with E-state index in [1.165, 1.54) is 0 Å². The van der Waals surface area contributed by atoms with Crippen molar-refractivity contribution in [2.45, 2.75) is 0 Å². The van der Waals surface area contributed by atoms with Gasteiger partial charge < -0.3 is 0 Å². The predicted octanol–water partition coefficient (Wildman–Crippen LogP) is 3.08. The molecule has 2 aromatic heterocycles. The van der Waals surface area contributed by atoms with Gasteiger partial charge in [-0.2, -0.15) is 5.10 Å². The van der Waals surface area contributed by atoms with Crippen molar-refractivity contribution >= 4 is 22.8 Å². The van der Waals surface area contributed by atoms with Crippen molar-refractivity contribution in [3.05, 3.63) is 66.6 Å². The molecule has 0 radical (unpaired) electrons. The van der Waals surface area contributed by atoms with Gasteiger partial charge in [0.05, 0.1) is 23.1 Å². The fourth-order valence-electron chi connectivity index (χ4n) is 1.81. The van der Waals surface area contributed by atoms with Crippen LogP contribution < -0.4 is 5.43 Å². The molecular weight excluding hydrogens is 236 g/mol. The first-order valence-corrected chi connectivity index (χ1v) is 5.97. The maximum atomic E-state index is 4.35. The molecule has 0 aliphatic rings. The van der Waals surface area contributed by atoms with Crippen LogP contribution in [0.5, 0.6) is 0 Å². The van der Waals surface area contributed by atoms with Crippen LogP contribution in [0.15, 0.2) is 66.0 Å². The van der Waals surface area contributed by atoms with E-state index in [4.69, 9.17) is 0 Å². The molecule has 1 aromatic carbocycles. The van der Waals surface area contributed by atoms with E-state index < -0.39 is 0 Å². The summed E-state index contributed by atoms with van der Waals surface area (Å²) >= 11 is 0. The number of anilines is 1. The van der Waals surface area contributed by atoms with Crippen molar-refractivity contribution in [3.63, 3.8) is 0 Å². The normalized spacial score (nSPS) is 10.9. The van der Waals surface area contributed by atoms with Crippen molar-refractivity contribution < 1.29 is 0 Å². The first-order chi connectivity index (χ1) is 9.43. The monoisotopic (exact) mass is 248 g/mol. The number of hydrazone groups is 1. The highest BCUT2D eigenvalue weighted by molar-refractivity contribution is 5.90. The number of fused-ring (bicyclic) bond motifs is 1. The summed E-state index contributed by atoms with van der Waals surface area (Å²) in [7, 11) is 0. The van der Waals surface area contributed by atoms with E-state index in [2.05, 4.69) is 20.5 Å². The summed E-state index contributed by atoms with van der Waals surface area (Å²) in [4.78, 5) is 8.52. The SMILES string of the molecule is C(=N/Nc1cccc2cccnc12)/c1ccccn1. The maximum Gasteiger partial charge on any atom is 0.0951 e. The topological polar surface area (TPSA) is 50.2 Å². The van der Waals surface area contributed by atoms with Crippen LogP contribution in [-0.2, 0) is 0 Å². The second kappa shape index (κ2) is 5.27. The molecule has 0 fully saturated rings. The van der Waals surface area contributed by atoms with Crippen LogP contribution in [0.4, 0.5) is 5.69 Å². The van der Waals surface area contributed by atoms with Gasteiger partial charge in [-0.1, -0.05) is 24.3 Å². The van der Waals surface area contributed by atoms with Gasteiger partial charge in [-0.05, 0) is 24.3 Å². The maximum absolute atomic E-state index is 4.35. The lowest BCUT2D eigenvalue weighted by Crippen LogP contribution is -1.93. The molecule has 0 bridgehead atoms. The van der Waals surface area contributed by atoms with Crippen LogP contribution in [0.3, 0.4) is 0 Å². The Morgan fingerprint density at radius 3 is 2.68 bits per heavy atom. The molecule has 0 aliphatic carbocycles. The number of benzene rings is 1. The third-order valence-electron chi connectivity index (χ3n) is 2.70. The van der Waals surface area contributed by atoms with E-state index in [-0.39, 0.29) is 0 Å². The summed E-state index contributed by atoms with van der Waals surface area (Å²) in [6.07, 6.45) is 5.19. The number of para-hydroxylation sites is 1. The Morgan fingerprint density at radius 2 is 1.79 bits per heavy atom. The lowest BCUT2D eigenvalue weighted by atomic mass is 10.2. The third-order valence-corrected chi connectivity index (χ3v) is 2.70. The number of hydrogen-bond acceptors (Lipinski definition) is 4. The second-order valence-corrected chi connectivity index (χ2v) is 4.01. The van der Waals surface area contributed by atoms with Crippen molar-refractivity contribution in [3.8, 4) is 0 Å². The molecule has 4 heteroatoms. The largest absolute Gasteiger partial charge is 0.276 e. The van der Waals surface area contributed by atoms with Gasteiger partial charge in [-0.3, -0.25) is 15.4 Å². The predicted molar refractivity (Wildman–Crippen MR) is 77.2 cm³/mol. The smallest absolute Gasteiger partial charge is 0.0951 e. The molecule has 2 heterocycles. The quantitative estimate of drug-likeness (QED) is 0.572. The van der Waals surface area contributed by atoms with Crippen molar-refractivity contribution in [1.29, 1.82) is 0 Å². The molecule has 0 unspecified atom stereocenters. The summed E-state index contributed by atoms with van der Waals surface area (Å²) in [5, 5.41) is 5.27. The fourth-order valence-corrected chi connectivity index (χ4v) is 1.81. The van der Waals surface area contributed by atoms with Crippen molar-refractivity contribution in [2.75, 3.05) is 5.43 Å². The van der Waals surface area contributed by atoms with Gasteiger partial charge >= 0.3 is 0 Å². The molecular formula is C15H12N4. The van der Waals surface area contributed by atoms with Crippen molar-refractivity contribution in [1.82, 2.24) is 9.97 Å². The second-order valence-electron chi connectivity index (χ2n) is 4.01. The first kappa shape index (κ1) is 11.3. The third kappa shape index (κ3) is 2.57. The number of nitrogens with zero attached hydrogens (tertiary/aromatic N) is 3. The fraction of sp³-hybridized carbons (Fsp3) is 0. The number of aromatic nitrogens is 2. The van der Waals surface area contributed by atoms with Gasteiger partial charge in [0.2, 0.25) is 0 Å². The lowest BCUT2D eigenvalue weighted by molar-refractivity contribution is 1.28. The Bertz CT molecular complexity index is 702. The van der Waals surface area contributed by atoms with E-state index in [9.17, 15) is 0 Å². The van der Waals surface area contributed by atoms with Crippen LogP contribution in [0.2, 0.25) is 0 Å². The zero-order valence-corrected chi connectivity index (χ0v) is 10.2. The average Bonchev–Trinajstić information content (AvgIpc) is 2.49. The minimum absolute atomic E-state index is 0.809. The summed E-state index contributed by atoms with van der Waals surface area (Å²) in [6, 6.07) is 15.6. The highest BCUT2D eigenvalue weighted by atomic mass is 15.3. The van der Waals surface area contributed by atoms with Gasteiger partial charge in [-0.15, -0.1) is 0 Å². The lowest BCUT2D eigenvalue weighted by Gasteiger charge is -2.03. The molecule has 0 saturated carbocycles. The van der Waals surface area contributed by atoms with E-state index in [1.54, 1.807) is 18.6 Å². The zero-order valence-electron chi connectivity index (χ0n) is 10.2. The van der Waals surface area contributed by atoms with Gasteiger partial charge in [0, 0.05) is 17.8 Å². The molecule has 0 aliphatic heterocycles. The number of hydrogen-bond donors (Lipinski definition) is 1. The summed E-state index contributed by atoms with van der Waals surface area (Å²) in [6.45, 7) is 0. The Labute approximate surface area is 110 Å². The summed E-state index contributed by atoms with van der Waals surface area (Å²) < 4.78 is 0. The van der Waals surface area contributed by atoms with E-state index in [1.807, 2.05) is 48.5 Å². The summed E-state index contributed by atoms with van der Waals surface area (Å²) in [5.74, 6) is 0. The van der Waals surface area contributed by atoms with Gasteiger partial charge in [0.1, 0.15) is 0 Å². The van der Waals surface area contributed by atoms with Crippen LogP contribution in [0.1, 0.15) is 5.69 Å². The molecule has 3 rings (SSSR count). The summed E-state index contributed by atoms with van der Waals surface area (Å²) in [5.41, 5.74) is 5.60.